The van der Waals surface area contributed by atoms with Crippen molar-refractivity contribution in [2.24, 2.45) is 0 Å². The van der Waals surface area contributed by atoms with E-state index in [1.807, 2.05) is 32.0 Å². The molecule has 0 bridgehead atoms. The van der Waals surface area contributed by atoms with Crippen molar-refractivity contribution in [3.63, 3.8) is 0 Å². The molecule has 2 N–H and O–H groups in total. The fourth-order valence-electron chi connectivity index (χ4n) is 2.19. The van der Waals surface area contributed by atoms with E-state index in [-0.39, 0.29) is 11.9 Å². The maximum atomic E-state index is 13.4. The minimum absolute atomic E-state index is 0.186. The summed E-state index contributed by atoms with van der Waals surface area (Å²) in [7, 11) is 0. The Hall–Kier alpha value is -3.02. The van der Waals surface area contributed by atoms with Gasteiger partial charge in [-0.3, -0.25) is 4.98 Å². The van der Waals surface area contributed by atoms with E-state index in [1.165, 1.54) is 12.1 Å². The van der Waals surface area contributed by atoms with Crippen molar-refractivity contribution in [2.45, 2.75) is 19.9 Å². The van der Waals surface area contributed by atoms with Gasteiger partial charge in [0, 0.05) is 24.0 Å². The monoisotopic (exact) mass is 323 g/mol. The highest BCUT2D eigenvalue weighted by molar-refractivity contribution is 5.65. The second-order valence-electron chi connectivity index (χ2n) is 5.61. The molecule has 0 saturated carbocycles. The van der Waals surface area contributed by atoms with Crippen LogP contribution in [0.5, 0.6) is 0 Å². The predicted molar refractivity (Wildman–Crippen MR) is 93.7 cm³/mol. The summed E-state index contributed by atoms with van der Waals surface area (Å²) in [5.74, 6) is 0.756. The van der Waals surface area contributed by atoms with Gasteiger partial charge in [-0.05, 0) is 44.2 Å². The van der Waals surface area contributed by atoms with Crippen LogP contribution in [-0.2, 0) is 0 Å². The molecule has 0 aliphatic heterocycles. The lowest BCUT2D eigenvalue weighted by Gasteiger charge is -2.13. The summed E-state index contributed by atoms with van der Waals surface area (Å²) in [4.78, 5) is 13.3. The van der Waals surface area contributed by atoms with Gasteiger partial charge in [0.25, 0.3) is 0 Å². The van der Waals surface area contributed by atoms with E-state index in [9.17, 15) is 4.39 Å². The predicted octanol–water partition coefficient (Wildman–Crippen LogP) is 4.24. The standard InChI is InChI=1S/C18H18FN5/c1-12(2)21-18-23-16(15-8-3-4-9-20-15)11-17(24-18)22-14-7-5-6-13(19)10-14/h3-12H,1-2H3,(H2,21,22,23,24). The molecule has 2 heterocycles. The third-order valence-electron chi connectivity index (χ3n) is 3.17. The van der Waals surface area contributed by atoms with Crippen LogP contribution in [0.3, 0.4) is 0 Å². The summed E-state index contributed by atoms with van der Waals surface area (Å²) in [5.41, 5.74) is 2.05. The Morgan fingerprint density at radius 3 is 2.54 bits per heavy atom. The summed E-state index contributed by atoms with van der Waals surface area (Å²) in [6.07, 6.45) is 1.71. The van der Waals surface area contributed by atoms with Crippen LogP contribution in [0.2, 0.25) is 0 Å². The molecule has 0 fully saturated rings. The molecule has 0 spiro atoms. The van der Waals surface area contributed by atoms with Crippen LogP contribution in [0, 0.1) is 5.82 Å². The largest absolute Gasteiger partial charge is 0.352 e. The Bertz CT molecular complexity index is 821. The van der Waals surface area contributed by atoms with E-state index < -0.39 is 0 Å². The van der Waals surface area contributed by atoms with Crippen LogP contribution in [-0.4, -0.2) is 21.0 Å². The summed E-state index contributed by atoms with van der Waals surface area (Å²) in [6, 6.07) is 13.8. The average Bonchev–Trinajstić information content (AvgIpc) is 2.55. The van der Waals surface area contributed by atoms with Crippen molar-refractivity contribution in [1.82, 2.24) is 15.0 Å². The number of nitrogens with one attached hydrogen (secondary N) is 2. The zero-order chi connectivity index (χ0) is 16.9. The molecule has 0 saturated heterocycles. The van der Waals surface area contributed by atoms with Gasteiger partial charge in [0.15, 0.2) is 0 Å². The molecule has 3 aromatic rings. The maximum absolute atomic E-state index is 13.4. The zero-order valence-corrected chi connectivity index (χ0v) is 13.5. The van der Waals surface area contributed by atoms with E-state index in [0.29, 0.717) is 23.1 Å². The average molecular weight is 323 g/mol. The highest BCUT2D eigenvalue weighted by Gasteiger charge is 2.09. The molecule has 6 heteroatoms. The molecule has 24 heavy (non-hydrogen) atoms. The third-order valence-corrected chi connectivity index (χ3v) is 3.17. The number of halogens is 1. The number of rotatable bonds is 5. The number of benzene rings is 1. The van der Waals surface area contributed by atoms with Crippen molar-refractivity contribution in [3.8, 4) is 11.4 Å². The summed E-state index contributed by atoms with van der Waals surface area (Å²) in [6.45, 7) is 4.02. The zero-order valence-electron chi connectivity index (χ0n) is 13.5. The molecule has 1 aromatic carbocycles. The Kier molecular flexibility index (Phi) is 4.65. The molecule has 0 amide bonds. The first-order valence-corrected chi connectivity index (χ1v) is 7.70. The van der Waals surface area contributed by atoms with Crippen LogP contribution < -0.4 is 10.6 Å². The Morgan fingerprint density at radius 1 is 0.958 bits per heavy atom. The van der Waals surface area contributed by atoms with E-state index in [4.69, 9.17) is 0 Å². The van der Waals surface area contributed by atoms with Crippen molar-refractivity contribution >= 4 is 17.5 Å². The Labute approximate surface area is 140 Å². The van der Waals surface area contributed by atoms with Gasteiger partial charge < -0.3 is 10.6 Å². The number of anilines is 3. The summed E-state index contributed by atoms with van der Waals surface area (Å²) < 4.78 is 13.4. The van der Waals surface area contributed by atoms with Crippen LogP contribution in [0.25, 0.3) is 11.4 Å². The molecular formula is C18H18FN5. The normalized spacial score (nSPS) is 10.7. The minimum atomic E-state index is -0.306. The van der Waals surface area contributed by atoms with Crippen molar-refractivity contribution < 1.29 is 4.39 Å². The van der Waals surface area contributed by atoms with Crippen LogP contribution in [0.4, 0.5) is 21.8 Å². The number of hydrogen-bond donors (Lipinski definition) is 2. The van der Waals surface area contributed by atoms with Crippen molar-refractivity contribution in [3.05, 3.63) is 60.5 Å². The molecule has 0 atom stereocenters. The molecular weight excluding hydrogens is 305 g/mol. The van der Waals surface area contributed by atoms with E-state index in [0.717, 1.165) is 5.69 Å². The van der Waals surface area contributed by atoms with Crippen LogP contribution >= 0.6 is 0 Å². The third kappa shape index (κ3) is 4.04. The summed E-state index contributed by atoms with van der Waals surface area (Å²) in [5, 5.41) is 6.30. The Balaban J connectivity index is 1.98. The van der Waals surface area contributed by atoms with Crippen molar-refractivity contribution in [2.75, 3.05) is 10.6 Å². The molecule has 5 nitrogen and oxygen atoms in total. The van der Waals surface area contributed by atoms with Gasteiger partial charge in [-0.2, -0.15) is 4.98 Å². The number of pyridine rings is 1. The number of hydrogen-bond acceptors (Lipinski definition) is 5. The van der Waals surface area contributed by atoms with E-state index >= 15 is 0 Å². The topological polar surface area (TPSA) is 62.7 Å². The Morgan fingerprint density at radius 2 is 1.83 bits per heavy atom. The fourth-order valence-corrected chi connectivity index (χ4v) is 2.19. The highest BCUT2D eigenvalue weighted by Crippen LogP contribution is 2.22. The lowest BCUT2D eigenvalue weighted by atomic mass is 10.2. The maximum Gasteiger partial charge on any atom is 0.225 e. The second-order valence-corrected chi connectivity index (χ2v) is 5.61. The summed E-state index contributed by atoms with van der Waals surface area (Å²) >= 11 is 0. The van der Waals surface area contributed by atoms with Crippen LogP contribution in [0.1, 0.15) is 13.8 Å². The van der Waals surface area contributed by atoms with Gasteiger partial charge in [0.05, 0.1) is 11.4 Å². The molecule has 122 valence electrons. The van der Waals surface area contributed by atoms with Gasteiger partial charge in [-0.25, -0.2) is 9.37 Å². The SMILES string of the molecule is CC(C)Nc1nc(Nc2cccc(F)c2)cc(-c2ccccn2)n1. The first kappa shape index (κ1) is 15.9. The first-order valence-electron chi connectivity index (χ1n) is 7.70. The van der Waals surface area contributed by atoms with Gasteiger partial charge in [-0.15, -0.1) is 0 Å². The van der Waals surface area contributed by atoms with E-state index in [1.54, 1.807) is 24.4 Å². The molecule has 0 aliphatic carbocycles. The van der Waals surface area contributed by atoms with E-state index in [2.05, 4.69) is 25.6 Å². The molecule has 3 rings (SSSR count). The molecule has 0 aliphatic rings. The van der Waals surface area contributed by atoms with Gasteiger partial charge in [-0.1, -0.05) is 12.1 Å². The number of aromatic nitrogens is 3. The highest BCUT2D eigenvalue weighted by atomic mass is 19.1. The smallest absolute Gasteiger partial charge is 0.225 e. The minimum Gasteiger partial charge on any atom is -0.352 e. The molecule has 0 radical (unpaired) electrons. The van der Waals surface area contributed by atoms with Crippen molar-refractivity contribution in [1.29, 1.82) is 0 Å². The molecule has 0 unspecified atom stereocenters. The van der Waals surface area contributed by atoms with Crippen LogP contribution in [0.15, 0.2) is 54.7 Å². The quantitative estimate of drug-likeness (QED) is 0.735. The lowest BCUT2D eigenvalue weighted by molar-refractivity contribution is 0.628. The van der Waals surface area contributed by atoms with Gasteiger partial charge in [0.1, 0.15) is 11.6 Å². The fraction of sp³-hybridized carbons (Fsp3) is 0.167. The molecule has 2 aromatic heterocycles. The first-order chi connectivity index (χ1) is 11.6. The van der Waals surface area contributed by atoms with Gasteiger partial charge >= 0.3 is 0 Å². The number of nitrogens with zero attached hydrogens (tertiary/aromatic N) is 3. The van der Waals surface area contributed by atoms with Gasteiger partial charge in [0.2, 0.25) is 5.95 Å². The lowest BCUT2D eigenvalue weighted by Crippen LogP contribution is -2.13. The second kappa shape index (κ2) is 7.04.